The molecule has 0 saturated carbocycles. The second-order valence-electron chi connectivity index (χ2n) is 3.86. The maximum atomic E-state index is 9.39. The molecule has 1 aromatic carbocycles. The lowest BCUT2D eigenvalue weighted by atomic mass is 10.1. The first-order valence-electron chi connectivity index (χ1n) is 5.33. The number of nitrogens with two attached hydrogens (primary N) is 1. The number of hydrogen-bond acceptors (Lipinski definition) is 3. The second-order valence-corrected chi connectivity index (χ2v) is 4.78. The molecule has 16 heavy (non-hydrogen) atoms. The summed E-state index contributed by atoms with van der Waals surface area (Å²) in [5, 5.41) is 9.39. The molecule has 3 N–H and O–H groups in total. The van der Waals surface area contributed by atoms with E-state index in [0.29, 0.717) is 6.54 Å². The van der Waals surface area contributed by atoms with E-state index in [9.17, 15) is 5.11 Å². The summed E-state index contributed by atoms with van der Waals surface area (Å²) in [5.41, 5.74) is 6.70. The highest BCUT2D eigenvalue weighted by molar-refractivity contribution is 9.10. The van der Waals surface area contributed by atoms with Crippen LogP contribution in [0.1, 0.15) is 25.5 Å². The number of hydrogen-bond donors (Lipinski definition) is 2. The molecule has 0 bridgehead atoms. The van der Waals surface area contributed by atoms with E-state index in [-0.39, 0.29) is 12.2 Å². The summed E-state index contributed by atoms with van der Waals surface area (Å²) in [6.45, 7) is 3.94. The molecule has 0 saturated heterocycles. The number of benzene rings is 1. The summed E-state index contributed by atoms with van der Waals surface area (Å²) in [6.07, 6.45) is -0.907. The van der Waals surface area contributed by atoms with Gasteiger partial charge in [-0.15, -0.1) is 0 Å². The molecule has 0 aromatic heterocycles. The molecule has 90 valence electrons. The fraction of sp³-hybridized carbons (Fsp3) is 0.500. The van der Waals surface area contributed by atoms with Crippen LogP contribution in [0.25, 0.3) is 0 Å². The lowest BCUT2D eigenvalue weighted by Gasteiger charge is -2.23. The Bertz CT molecular complexity index is 331. The molecule has 0 aliphatic rings. The van der Waals surface area contributed by atoms with Crippen LogP contribution in [0.4, 0.5) is 0 Å². The van der Waals surface area contributed by atoms with Crippen molar-refractivity contribution in [3.63, 3.8) is 0 Å². The van der Waals surface area contributed by atoms with Gasteiger partial charge in [0.1, 0.15) is 0 Å². The van der Waals surface area contributed by atoms with Crippen molar-refractivity contribution >= 4 is 15.9 Å². The van der Waals surface area contributed by atoms with E-state index >= 15 is 0 Å². The van der Waals surface area contributed by atoms with Crippen molar-refractivity contribution in [1.29, 1.82) is 0 Å². The third-order valence-electron chi connectivity index (χ3n) is 2.49. The Morgan fingerprint density at radius 2 is 2.12 bits per heavy atom. The van der Waals surface area contributed by atoms with Crippen LogP contribution in [0.15, 0.2) is 28.7 Å². The monoisotopic (exact) mass is 287 g/mol. The molecule has 3 atom stereocenters. The summed E-state index contributed by atoms with van der Waals surface area (Å²) in [6, 6.07) is 7.84. The molecule has 0 aliphatic heterocycles. The highest BCUT2D eigenvalue weighted by Gasteiger charge is 2.17. The maximum absolute atomic E-state index is 9.39. The summed E-state index contributed by atoms with van der Waals surface area (Å²) >= 11 is 3.41. The summed E-state index contributed by atoms with van der Waals surface area (Å²) in [7, 11) is 0. The SMILES string of the molecule is CC(O)C(C)OC(CN)c1cccc(Br)c1. The van der Waals surface area contributed by atoms with Gasteiger partial charge in [0.15, 0.2) is 0 Å². The van der Waals surface area contributed by atoms with Gasteiger partial charge in [0.05, 0.1) is 18.3 Å². The number of ether oxygens (including phenoxy) is 1. The van der Waals surface area contributed by atoms with Gasteiger partial charge >= 0.3 is 0 Å². The Labute approximate surface area is 105 Å². The molecule has 4 heteroatoms. The lowest BCUT2D eigenvalue weighted by Crippen LogP contribution is -2.28. The van der Waals surface area contributed by atoms with E-state index in [1.807, 2.05) is 31.2 Å². The largest absolute Gasteiger partial charge is 0.391 e. The van der Waals surface area contributed by atoms with Crippen LogP contribution in [0.3, 0.4) is 0 Å². The zero-order valence-corrected chi connectivity index (χ0v) is 11.1. The van der Waals surface area contributed by atoms with Crippen LogP contribution >= 0.6 is 15.9 Å². The van der Waals surface area contributed by atoms with Crippen molar-refractivity contribution in [2.45, 2.75) is 32.2 Å². The smallest absolute Gasteiger partial charge is 0.0952 e. The number of aliphatic hydroxyl groups is 1. The van der Waals surface area contributed by atoms with E-state index < -0.39 is 6.10 Å². The summed E-state index contributed by atoms with van der Waals surface area (Å²) in [4.78, 5) is 0. The lowest BCUT2D eigenvalue weighted by molar-refractivity contribution is -0.0591. The molecular formula is C12H18BrNO2. The van der Waals surface area contributed by atoms with E-state index in [2.05, 4.69) is 15.9 Å². The van der Waals surface area contributed by atoms with Gasteiger partial charge < -0.3 is 15.6 Å². The Morgan fingerprint density at radius 3 is 2.62 bits per heavy atom. The Kier molecular flexibility index (Phi) is 5.41. The average molecular weight is 288 g/mol. The fourth-order valence-corrected chi connectivity index (χ4v) is 1.77. The minimum atomic E-state index is -0.499. The summed E-state index contributed by atoms with van der Waals surface area (Å²) in [5.74, 6) is 0. The first kappa shape index (κ1) is 13.6. The van der Waals surface area contributed by atoms with Crippen LogP contribution in [0.5, 0.6) is 0 Å². The normalized spacial score (nSPS) is 16.8. The fourth-order valence-electron chi connectivity index (χ4n) is 1.35. The van der Waals surface area contributed by atoms with Gasteiger partial charge in [-0.2, -0.15) is 0 Å². The van der Waals surface area contributed by atoms with Crippen molar-refractivity contribution in [1.82, 2.24) is 0 Å². The molecule has 3 unspecified atom stereocenters. The highest BCUT2D eigenvalue weighted by Crippen LogP contribution is 2.22. The maximum Gasteiger partial charge on any atom is 0.0952 e. The predicted octanol–water partition coefficient (Wildman–Crippen LogP) is 2.23. The molecule has 0 heterocycles. The highest BCUT2D eigenvalue weighted by atomic mass is 79.9. The van der Waals surface area contributed by atoms with Gasteiger partial charge in [0.25, 0.3) is 0 Å². The number of halogens is 1. The van der Waals surface area contributed by atoms with Crippen molar-refractivity contribution < 1.29 is 9.84 Å². The van der Waals surface area contributed by atoms with Gasteiger partial charge in [-0.1, -0.05) is 28.1 Å². The molecular weight excluding hydrogens is 270 g/mol. The van der Waals surface area contributed by atoms with E-state index in [1.165, 1.54) is 0 Å². The Morgan fingerprint density at radius 1 is 1.44 bits per heavy atom. The van der Waals surface area contributed by atoms with Gasteiger partial charge in [-0.25, -0.2) is 0 Å². The van der Waals surface area contributed by atoms with Crippen LogP contribution in [-0.4, -0.2) is 23.9 Å². The molecule has 0 fully saturated rings. The van der Waals surface area contributed by atoms with Crippen molar-refractivity contribution in [2.75, 3.05) is 6.54 Å². The Hall–Kier alpha value is -0.420. The third-order valence-corrected chi connectivity index (χ3v) is 2.99. The molecule has 0 spiro atoms. The van der Waals surface area contributed by atoms with Crippen LogP contribution in [0, 0.1) is 0 Å². The van der Waals surface area contributed by atoms with Gasteiger partial charge in [-0.05, 0) is 31.5 Å². The second kappa shape index (κ2) is 6.35. The topological polar surface area (TPSA) is 55.5 Å². The van der Waals surface area contributed by atoms with Crippen LogP contribution in [0.2, 0.25) is 0 Å². The van der Waals surface area contributed by atoms with Gasteiger partial charge in [0, 0.05) is 11.0 Å². The molecule has 0 aliphatic carbocycles. The van der Waals surface area contributed by atoms with Gasteiger partial charge in [-0.3, -0.25) is 0 Å². The standard InChI is InChI=1S/C12H18BrNO2/c1-8(15)9(2)16-12(7-14)10-4-3-5-11(13)6-10/h3-6,8-9,12,15H,7,14H2,1-2H3. The zero-order valence-electron chi connectivity index (χ0n) is 9.56. The Balaban J connectivity index is 2.74. The van der Waals surface area contributed by atoms with Crippen molar-refractivity contribution in [3.05, 3.63) is 34.3 Å². The molecule has 1 aromatic rings. The van der Waals surface area contributed by atoms with Gasteiger partial charge in [0.2, 0.25) is 0 Å². The first-order chi connectivity index (χ1) is 7.54. The molecule has 3 nitrogen and oxygen atoms in total. The molecule has 1 rings (SSSR count). The number of rotatable bonds is 5. The quantitative estimate of drug-likeness (QED) is 0.873. The minimum absolute atomic E-state index is 0.179. The van der Waals surface area contributed by atoms with Crippen LogP contribution in [-0.2, 0) is 4.74 Å². The van der Waals surface area contributed by atoms with E-state index in [1.54, 1.807) is 6.92 Å². The molecule has 0 amide bonds. The van der Waals surface area contributed by atoms with Crippen molar-refractivity contribution in [3.8, 4) is 0 Å². The third kappa shape index (κ3) is 3.87. The number of aliphatic hydroxyl groups excluding tert-OH is 1. The van der Waals surface area contributed by atoms with E-state index in [0.717, 1.165) is 10.0 Å². The minimum Gasteiger partial charge on any atom is -0.391 e. The van der Waals surface area contributed by atoms with Crippen LogP contribution < -0.4 is 5.73 Å². The zero-order chi connectivity index (χ0) is 12.1. The van der Waals surface area contributed by atoms with E-state index in [4.69, 9.17) is 10.5 Å². The summed E-state index contributed by atoms with van der Waals surface area (Å²) < 4.78 is 6.70. The molecule has 0 radical (unpaired) electrons. The predicted molar refractivity (Wildman–Crippen MR) is 68.2 cm³/mol. The first-order valence-corrected chi connectivity index (χ1v) is 6.13. The van der Waals surface area contributed by atoms with Crippen molar-refractivity contribution in [2.24, 2.45) is 5.73 Å². The average Bonchev–Trinajstić information content (AvgIpc) is 2.25.